The summed E-state index contributed by atoms with van der Waals surface area (Å²) in [6, 6.07) is 10.7. The molecule has 2 aromatic heterocycles. The Hall–Kier alpha value is -1.71. The predicted octanol–water partition coefficient (Wildman–Crippen LogP) is 5.79. The monoisotopic (exact) mass is 388 g/mol. The third-order valence-electron chi connectivity index (χ3n) is 3.25. The van der Waals surface area contributed by atoms with E-state index in [4.69, 9.17) is 13.8 Å². The quantitative estimate of drug-likeness (QED) is 0.519. The van der Waals surface area contributed by atoms with Crippen LogP contribution < -0.4 is 8.85 Å². The van der Waals surface area contributed by atoms with Crippen molar-refractivity contribution in [2.75, 3.05) is 0 Å². The van der Waals surface area contributed by atoms with E-state index in [0.29, 0.717) is 11.9 Å². The summed E-state index contributed by atoms with van der Waals surface area (Å²) in [4.78, 5) is 9.34. The van der Waals surface area contributed by atoms with Crippen LogP contribution in [0.4, 0.5) is 0 Å². The van der Waals surface area contributed by atoms with Crippen LogP contribution in [-0.4, -0.2) is 26.6 Å². The summed E-state index contributed by atoms with van der Waals surface area (Å²) >= 11 is 1.63. The van der Waals surface area contributed by atoms with Crippen molar-refractivity contribution in [2.24, 2.45) is 0 Å². The molecule has 0 N–H and O–H groups in total. The van der Waals surface area contributed by atoms with Crippen molar-refractivity contribution in [3.63, 3.8) is 0 Å². The number of nitrogens with zero attached hydrogens (tertiary/aromatic N) is 2. The fourth-order valence-corrected chi connectivity index (χ4v) is 4.75. The number of aromatic nitrogens is 2. The zero-order valence-electron chi connectivity index (χ0n) is 15.6. The van der Waals surface area contributed by atoms with Crippen LogP contribution in [0.3, 0.4) is 0 Å². The summed E-state index contributed by atoms with van der Waals surface area (Å²) in [5, 5.41) is 2.13. The standard InChI is InChI=1S/C18H24N2O2SSi2/c1-24(2,3)21-17-16-15(19-18(20-17)22-25(4,5)6)14(12-23-16)13-10-8-7-9-11-13/h7-12H,1-6H3. The Morgan fingerprint density at radius 1 is 0.840 bits per heavy atom. The average molecular weight is 389 g/mol. The van der Waals surface area contributed by atoms with Crippen molar-refractivity contribution in [2.45, 2.75) is 39.3 Å². The fraction of sp³-hybridized carbons (Fsp3) is 0.333. The minimum Gasteiger partial charge on any atom is -0.530 e. The summed E-state index contributed by atoms with van der Waals surface area (Å²) in [5.74, 6) is 0.657. The van der Waals surface area contributed by atoms with Gasteiger partial charge >= 0.3 is 6.01 Å². The highest BCUT2D eigenvalue weighted by atomic mass is 32.1. The zero-order valence-corrected chi connectivity index (χ0v) is 18.4. The molecule has 132 valence electrons. The Morgan fingerprint density at radius 2 is 1.48 bits per heavy atom. The van der Waals surface area contributed by atoms with Crippen LogP contribution in [0, 0.1) is 0 Å². The number of fused-ring (bicyclic) bond motifs is 1. The molecule has 0 amide bonds. The van der Waals surface area contributed by atoms with E-state index in [2.05, 4.69) is 61.8 Å². The molecular weight excluding hydrogens is 364 g/mol. The van der Waals surface area contributed by atoms with Gasteiger partial charge in [-0.05, 0) is 44.8 Å². The van der Waals surface area contributed by atoms with E-state index in [-0.39, 0.29) is 0 Å². The molecule has 1 aromatic carbocycles. The molecule has 25 heavy (non-hydrogen) atoms. The highest BCUT2D eigenvalue weighted by molar-refractivity contribution is 7.18. The fourth-order valence-electron chi connectivity index (χ4n) is 2.37. The van der Waals surface area contributed by atoms with Gasteiger partial charge in [-0.3, -0.25) is 0 Å². The van der Waals surface area contributed by atoms with E-state index in [1.165, 1.54) is 0 Å². The molecule has 0 radical (unpaired) electrons. The first-order chi connectivity index (χ1) is 11.6. The minimum atomic E-state index is -1.81. The molecule has 0 fully saturated rings. The SMILES string of the molecule is C[Si](C)(C)Oc1nc(O[Si](C)(C)C)c2scc(-c3ccccc3)c2n1. The van der Waals surface area contributed by atoms with Gasteiger partial charge in [-0.1, -0.05) is 30.3 Å². The maximum atomic E-state index is 6.25. The van der Waals surface area contributed by atoms with Gasteiger partial charge in [-0.15, -0.1) is 11.3 Å². The van der Waals surface area contributed by atoms with Gasteiger partial charge in [-0.2, -0.15) is 9.97 Å². The molecule has 0 saturated heterocycles. The second-order valence-electron chi connectivity index (χ2n) is 7.93. The van der Waals surface area contributed by atoms with Crippen LogP contribution in [0.2, 0.25) is 39.3 Å². The third kappa shape index (κ3) is 4.48. The van der Waals surface area contributed by atoms with Crippen LogP contribution in [0.15, 0.2) is 35.7 Å². The average Bonchev–Trinajstić information content (AvgIpc) is 2.89. The number of hydrogen-bond donors (Lipinski definition) is 0. The molecule has 3 rings (SSSR count). The molecule has 7 heteroatoms. The second kappa shape index (κ2) is 6.55. The maximum absolute atomic E-state index is 6.25. The lowest BCUT2D eigenvalue weighted by Gasteiger charge is -2.21. The molecule has 0 unspecified atom stereocenters. The van der Waals surface area contributed by atoms with E-state index >= 15 is 0 Å². The zero-order chi connectivity index (χ0) is 18.2. The summed E-state index contributed by atoms with van der Waals surface area (Å²) in [7, 11) is -3.60. The molecular formula is C18H24N2O2SSi2. The van der Waals surface area contributed by atoms with E-state index in [9.17, 15) is 0 Å². The topological polar surface area (TPSA) is 44.2 Å². The second-order valence-corrected chi connectivity index (χ2v) is 17.7. The van der Waals surface area contributed by atoms with E-state index in [1.54, 1.807) is 11.3 Å². The van der Waals surface area contributed by atoms with Gasteiger partial charge in [0, 0.05) is 10.9 Å². The lowest BCUT2D eigenvalue weighted by Crippen LogP contribution is -2.31. The Morgan fingerprint density at radius 3 is 2.08 bits per heavy atom. The van der Waals surface area contributed by atoms with Gasteiger partial charge in [0.2, 0.25) is 22.5 Å². The molecule has 3 aromatic rings. The Balaban J connectivity index is 2.18. The van der Waals surface area contributed by atoms with Crippen LogP contribution in [-0.2, 0) is 0 Å². The molecule has 0 spiro atoms. The van der Waals surface area contributed by atoms with E-state index < -0.39 is 16.6 Å². The number of benzene rings is 1. The third-order valence-corrected chi connectivity index (χ3v) is 5.81. The Kier molecular flexibility index (Phi) is 4.74. The Labute approximate surface area is 155 Å². The first-order valence-corrected chi connectivity index (χ1v) is 16.0. The first kappa shape index (κ1) is 18.1. The van der Waals surface area contributed by atoms with Crippen molar-refractivity contribution in [1.29, 1.82) is 0 Å². The normalized spacial score (nSPS) is 12.4. The lowest BCUT2D eigenvalue weighted by molar-refractivity contribution is 0.483. The van der Waals surface area contributed by atoms with Gasteiger partial charge in [0.1, 0.15) is 4.70 Å². The van der Waals surface area contributed by atoms with E-state index in [0.717, 1.165) is 21.3 Å². The van der Waals surface area contributed by atoms with Crippen LogP contribution >= 0.6 is 11.3 Å². The smallest absolute Gasteiger partial charge is 0.306 e. The largest absolute Gasteiger partial charge is 0.530 e. The predicted molar refractivity (Wildman–Crippen MR) is 111 cm³/mol. The van der Waals surface area contributed by atoms with Gasteiger partial charge in [-0.25, -0.2) is 0 Å². The van der Waals surface area contributed by atoms with Gasteiger partial charge in [0.05, 0.1) is 5.52 Å². The van der Waals surface area contributed by atoms with Gasteiger partial charge in [0.25, 0.3) is 0 Å². The van der Waals surface area contributed by atoms with Crippen molar-refractivity contribution < 1.29 is 8.85 Å². The molecule has 0 aliphatic heterocycles. The maximum Gasteiger partial charge on any atom is 0.306 e. The molecule has 0 saturated carbocycles. The summed E-state index contributed by atoms with van der Waals surface area (Å²) in [5.41, 5.74) is 3.15. The van der Waals surface area contributed by atoms with Gasteiger partial charge < -0.3 is 8.85 Å². The van der Waals surface area contributed by atoms with Crippen LogP contribution in [0.5, 0.6) is 11.9 Å². The highest BCUT2D eigenvalue weighted by Crippen LogP contribution is 2.39. The molecule has 0 bridgehead atoms. The molecule has 2 heterocycles. The van der Waals surface area contributed by atoms with E-state index in [1.807, 2.05) is 18.2 Å². The summed E-state index contributed by atoms with van der Waals surface area (Å²) in [6.45, 7) is 12.9. The highest BCUT2D eigenvalue weighted by Gasteiger charge is 2.25. The number of hydrogen-bond acceptors (Lipinski definition) is 5. The molecule has 0 aliphatic carbocycles. The lowest BCUT2D eigenvalue weighted by atomic mass is 10.1. The van der Waals surface area contributed by atoms with Crippen molar-refractivity contribution in [3.8, 4) is 23.0 Å². The summed E-state index contributed by atoms with van der Waals surface area (Å²) < 4.78 is 13.3. The number of rotatable bonds is 5. The van der Waals surface area contributed by atoms with Gasteiger partial charge in [0.15, 0.2) is 0 Å². The van der Waals surface area contributed by atoms with Crippen molar-refractivity contribution in [1.82, 2.24) is 9.97 Å². The molecule has 0 aliphatic rings. The molecule has 0 atom stereocenters. The minimum absolute atomic E-state index is 0.426. The van der Waals surface area contributed by atoms with Crippen LogP contribution in [0.1, 0.15) is 0 Å². The Bertz CT molecular complexity index is 884. The number of thiophene rings is 1. The van der Waals surface area contributed by atoms with Crippen molar-refractivity contribution >= 4 is 38.2 Å². The van der Waals surface area contributed by atoms with Crippen molar-refractivity contribution in [3.05, 3.63) is 35.7 Å². The van der Waals surface area contributed by atoms with Crippen LogP contribution in [0.25, 0.3) is 21.3 Å². The first-order valence-electron chi connectivity index (χ1n) is 8.35. The molecule has 4 nitrogen and oxygen atoms in total. The summed E-state index contributed by atoms with van der Waals surface area (Å²) in [6.07, 6.45) is 0.